The first kappa shape index (κ1) is 20.6. The van der Waals surface area contributed by atoms with Gasteiger partial charge in [0.1, 0.15) is 5.75 Å². The second-order valence-electron chi connectivity index (χ2n) is 7.91. The third kappa shape index (κ3) is 5.45. The fourth-order valence-corrected chi connectivity index (χ4v) is 3.93. The van der Waals surface area contributed by atoms with Crippen LogP contribution in [0.5, 0.6) is 5.75 Å². The highest BCUT2D eigenvalue weighted by Gasteiger charge is 2.38. The molecule has 1 aromatic rings. The third-order valence-electron chi connectivity index (χ3n) is 5.53. The van der Waals surface area contributed by atoms with Crippen LogP contribution in [0, 0.1) is 0 Å². The summed E-state index contributed by atoms with van der Waals surface area (Å²) in [5, 5.41) is 3.17. The number of benzene rings is 1. The average Bonchev–Trinajstić information content (AvgIpc) is 3.07. The van der Waals surface area contributed by atoms with Gasteiger partial charge < -0.3 is 19.7 Å². The lowest BCUT2D eigenvalue weighted by atomic mass is 10.1. The molecule has 2 saturated heterocycles. The number of aryl methyl sites for hydroxylation is 1. The summed E-state index contributed by atoms with van der Waals surface area (Å²) in [4.78, 5) is 28.2. The topological polar surface area (TPSA) is 71.1 Å². The number of methoxy groups -OCH3 is 1. The largest absolute Gasteiger partial charge is 0.497 e. The Morgan fingerprint density at radius 3 is 2.89 bits per heavy atom. The number of hydrogen-bond donors (Lipinski definition) is 1. The van der Waals surface area contributed by atoms with Gasteiger partial charge in [-0.15, -0.1) is 0 Å². The van der Waals surface area contributed by atoms with Crippen molar-refractivity contribution in [1.82, 2.24) is 15.1 Å². The number of nitrogens with one attached hydrogen (secondary N) is 1. The zero-order valence-corrected chi connectivity index (χ0v) is 17.0. The molecule has 0 aliphatic carbocycles. The lowest BCUT2D eigenvalue weighted by Gasteiger charge is -2.35. The van der Waals surface area contributed by atoms with Gasteiger partial charge in [0.15, 0.2) is 0 Å². The summed E-state index contributed by atoms with van der Waals surface area (Å²) < 4.78 is 11.1. The molecule has 1 N–H and O–H groups in total. The Hall–Kier alpha value is -2.12. The SMILES string of the molecule is COc1cccc(CCC(=O)N[C@@H]2C[C@H]3CO[C@@H](CC(=O)N(C)C)CN3C2)c1. The van der Waals surface area contributed by atoms with Crippen LogP contribution in [-0.4, -0.2) is 80.7 Å². The van der Waals surface area contributed by atoms with Crippen LogP contribution in [0.3, 0.4) is 0 Å². The van der Waals surface area contributed by atoms with Gasteiger partial charge in [-0.05, 0) is 30.5 Å². The summed E-state index contributed by atoms with van der Waals surface area (Å²) in [5.74, 6) is 0.978. The molecule has 0 saturated carbocycles. The lowest BCUT2D eigenvalue weighted by molar-refractivity contribution is -0.134. The number of amides is 2. The fraction of sp³-hybridized carbons (Fsp3) is 0.619. The zero-order chi connectivity index (χ0) is 20.1. The van der Waals surface area contributed by atoms with Crippen molar-refractivity contribution in [2.75, 3.05) is 40.9 Å². The molecular weight excluding hydrogens is 358 g/mol. The van der Waals surface area contributed by atoms with Gasteiger partial charge >= 0.3 is 0 Å². The maximum atomic E-state index is 12.4. The molecule has 7 heteroatoms. The molecule has 154 valence electrons. The van der Waals surface area contributed by atoms with Crippen LogP contribution >= 0.6 is 0 Å². The predicted octanol–water partition coefficient (Wildman–Crippen LogP) is 1.06. The van der Waals surface area contributed by atoms with E-state index in [1.165, 1.54) is 0 Å². The molecule has 1 aromatic carbocycles. The molecule has 3 rings (SSSR count). The van der Waals surface area contributed by atoms with Crippen molar-refractivity contribution in [3.63, 3.8) is 0 Å². The summed E-state index contributed by atoms with van der Waals surface area (Å²) in [6.45, 7) is 2.20. The van der Waals surface area contributed by atoms with Crippen molar-refractivity contribution in [2.45, 2.75) is 43.9 Å². The van der Waals surface area contributed by atoms with Gasteiger partial charge in [0.05, 0.1) is 26.2 Å². The minimum Gasteiger partial charge on any atom is -0.497 e. The van der Waals surface area contributed by atoms with E-state index in [0.29, 0.717) is 31.9 Å². The number of fused-ring (bicyclic) bond motifs is 1. The van der Waals surface area contributed by atoms with Crippen LogP contribution in [0.2, 0.25) is 0 Å². The molecule has 0 aromatic heterocycles. The molecule has 2 fully saturated rings. The molecule has 0 radical (unpaired) electrons. The number of ether oxygens (including phenoxy) is 2. The van der Waals surface area contributed by atoms with Gasteiger partial charge in [-0.25, -0.2) is 0 Å². The second-order valence-corrected chi connectivity index (χ2v) is 7.91. The Balaban J connectivity index is 1.42. The maximum absolute atomic E-state index is 12.4. The summed E-state index contributed by atoms with van der Waals surface area (Å²) in [6, 6.07) is 8.30. The van der Waals surface area contributed by atoms with Crippen molar-refractivity contribution in [3.05, 3.63) is 29.8 Å². The highest BCUT2D eigenvalue weighted by molar-refractivity contribution is 5.77. The number of nitrogens with zero attached hydrogens (tertiary/aromatic N) is 2. The summed E-state index contributed by atoms with van der Waals surface area (Å²) >= 11 is 0. The van der Waals surface area contributed by atoms with E-state index in [1.54, 1.807) is 26.1 Å². The lowest BCUT2D eigenvalue weighted by Crippen LogP contribution is -2.47. The van der Waals surface area contributed by atoms with E-state index in [9.17, 15) is 9.59 Å². The highest BCUT2D eigenvalue weighted by Crippen LogP contribution is 2.24. The summed E-state index contributed by atoms with van der Waals surface area (Å²) in [6.07, 6.45) is 2.41. The van der Waals surface area contributed by atoms with E-state index in [1.807, 2.05) is 24.3 Å². The Morgan fingerprint density at radius 1 is 1.32 bits per heavy atom. The van der Waals surface area contributed by atoms with Gasteiger partial charge in [-0.1, -0.05) is 12.1 Å². The van der Waals surface area contributed by atoms with Crippen LogP contribution in [0.15, 0.2) is 24.3 Å². The van der Waals surface area contributed by atoms with Crippen molar-refractivity contribution in [2.24, 2.45) is 0 Å². The molecule has 2 amide bonds. The van der Waals surface area contributed by atoms with Gasteiger partial charge in [-0.2, -0.15) is 0 Å². The zero-order valence-electron chi connectivity index (χ0n) is 17.0. The minimum atomic E-state index is -0.0614. The van der Waals surface area contributed by atoms with E-state index < -0.39 is 0 Å². The summed E-state index contributed by atoms with van der Waals surface area (Å²) in [5.41, 5.74) is 1.10. The molecule has 3 atom stereocenters. The molecule has 0 spiro atoms. The molecule has 0 unspecified atom stereocenters. The highest BCUT2D eigenvalue weighted by atomic mass is 16.5. The molecule has 7 nitrogen and oxygen atoms in total. The van der Waals surface area contributed by atoms with Gasteiger partial charge in [0, 0.05) is 45.7 Å². The maximum Gasteiger partial charge on any atom is 0.224 e. The first-order chi connectivity index (χ1) is 13.4. The monoisotopic (exact) mass is 389 g/mol. The van der Waals surface area contributed by atoms with E-state index in [0.717, 1.165) is 30.8 Å². The number of carbonyl (C=O) groups is 2. The molecule has 0 bridgehead atoms. The molecule has 2 aliphatic rings. The predicted molar refractivity (Wildman–Crippen MR) is 106 cm³/mol. The van der Waals surface area contributed by atoms with Crippen molar-refractivity contribution in [3.8, 4) is 5.75 Å². The van der Waals surface area contributed by atoms with Crippen molar-refractivity contribution >= 4 is 11.8 Å². The van der Waals surface area contributed by atoms with Crippen LogP contribution in [0.1, 0.15) is 24.8 Å². The Morgan fingerprint density at radius 2 is 2.14 bits per heavy atom. The Bertz CT molecular complexity index is 694. The number of hydrogen-bond acceptors (Lipinski definition) is 5. The number of rotatable bonds is 7. The Labute approximate surface area is 167 Å². The van der Waals surface area contributed by atoms with Crippen LogP contribution in [0.25, 0.3) is 0 Å². The smallest absolute Gasteiger partial charge is 0.224 e. The average molecular weight is 389 g/mol. The first-order valence-electron chi connectivity index (χ1n) is 9.92. The molecule has 28 heavy (non-hydrogen) atoms. The van der Waals surface area contributed by atoms with Crippen molar-refractivity contribution in [1.29, 1.82) is 0 Å². The number of carbonyl (C=O) groups excluding carboxylic acids is 2. The van der Waals surface area contributed by atoms with E-state index in [-0.39, 0.29) is 24.0 Å². The van der Waals surface area contributed by atoms with E-state index in [2.05, 4.69) is 10.2 Å². The Kier molecular flexibility index (Phi) is 6.91. The second kappa shape index (κ2) is 9.39. The summed E-state index contributed by atoms with van der Waals surface area (Å²) in [7, 11) is 5.17. The fourth-order valence-electron chi connectivity index (χ4n) is 3.93. The third-order valence-corrected chi connectivity index (χ3v) is 5.53. The van der Waals surface area contributed by atoms with Crippen molar-refractivity contribution < 1.29 is 19.1 Å². The van der Waals surface area contributed by atoms with Crippen LogP contribution in [0.4, 0.5) is 0 Å². The van der Waals surface area contributed by atoms with Crippen LogP contribution < -0.4 is 10.1 Å². The number of morpholine rings is 1. The van der Waals surface area contributed by atoms with Crippen LogP contribution in [-0.2, 0) is 20.7 Å². The van der Waals surface area contributed by atoms with Gasteiger partial charge in [-0.3, -0.25) is 14.5 Å². The quantitative estimate of drug-likeness (QED) is 0.755. The molecular formula is C21H31N3O4. The standard InChI is InChI=1S/C21H31N3O4/c1-23(2)21(26)11-19-13-24-12-16(10-17(24)14-28-19)22-20(25)8-7-15-5-4-6-18(9-15)27-3/h4-6,9,16-17,19H,7-8,10-14H2,1-3H3,(H,22,25)/t16-,17+,19+/m1/s1. The van der Waals surface area contributed by atoms with E-state index >= 15 is 0 Å². The van der Waals surface area contributed by atoms with E-state index in [4.69, 9.17) is 9.47 Å². The normalized spacial score (nSPS) is 24.5. The molecule has 2 heterocycles. The molecule has 2 aliphatic heterocycles. The minimum absolute atomic E-state index is 0.0614. The van der Waals surface area contributed by atoms with Gasteiger partial charge in [0.2, 0.25) is 11.8 Å². The van der Waals surface area contributed by atoms with Gasteiger partial charge in [0.25, 0.3) is 0 Å². The first-order valence-corrected chi connectivity index (χ1v) is 9.92.